The van der Waals surface area contributed by atoms with Gasteiger partial charge in [-0.2, -0.15) is 0 Å². The van der Waals surface area contributed by atoms with Crippen LogP contribution in [-0.2, 0) is 23.0 Å². The van der Waals surface area contributed by atoms with Gasteiger partial charge in [0.05, 0.1) is 18.6 Å². The lowest BCUT2D eigenvalue weighted by atomic mass is 10.1. The first-order valence-electron chi connectivity index (χ1n) is 4.21. The summed E-state index contributed by atoms with van der Waals surface area (Å²) in [5.74, 6) is 0. The van der Waals surface area contributed by atoms with Crippen molar-refractivity contribution >= 4 is 5.69 Å². The van der Waals surface area contributed by atoms with Gasteiger partial charge in [-0.15, -0.1) is 0 Å². The SMILES string of the molecule is COOCc1cc([N+](=O)[O-])ccc1CO. The van der Waals surface area contributed by atoms with Crippen molar-refractivity contribution in [3.05, 3.63) is 39.4 Å². The van der Waals surface area contributed by atoms with Gasteiger partial charge in [0.2, 0.25) is 0 Å². The molecule has 0 fully saturated rings. The monoisotopic (exact) mass is 213 g/mol. The summed E-state index contributed by atoms with van der Waals surface area (Å²) in [6, 6.07) is 4.18. The van der Waals surface area contributed by atoms with Crippen LogP contribution in [0.2, 0.25) is 0 Å². The first-order valence-corrected chi connectivity index (χ1v) is 4.21. The van der Waals surface area contributed by atoms with E-state index in [9.17, 15) is 10.1 Å². The second kappa shape index (κ2) is 5.40. The largest absolute Gasteiger partial charge is 0.392 e. The van der Waals surface area contributed by atoms with Crippen molar-refractivity contribution < 1.29 is 19.8 Å². The maximum absolute atomic E-state index is 10.5. The van der Waals surface area contributed by atoms with E-state index < -0.39 is 4.92 Å². The van der Waals surface area contributed by atoms with Crippen LogP contribution in [0.3, 0.4) is 0 Å². The molecule has 0 aliphatic heterocycles. The topological polar surface area (TPSA) is 81.8 Å². The molecule has 0 amide bonds. The minimum Gasteiger partial charge on any atom is -0.392 e. The van der Waals surface area contributed by atoms with Gasteiger partial charge < -0.3 is 5.11 Å². The van der Waals surface area contributed by atoms with Crippen molar-refractivity contribution in [2.45, 2.75) is 13.2 Å². The van der Waals surface area contributed by atoms with Gasteiger partial charge >= 0.3 is 0 Å². The van der Waals surface area contributed by atoms with Gasteiger partial charge in [-0.05, 0) is 17.2 Å². The van der Waals surface area contributed by atoms with Crippen LogP contribution in [0.4, 0.5) is 5.69 Å². The van der Waals surface area contributed by atoms with E-state index >= 15 is 0 Å². The van der Waals surface area contributed by atoms with Gasteiger partial charge in [-0.25, -0.2) is 9.78 Å². The maximum Gasteiger partial charge on any atom is 0.269 e. The van der Waals surface area contributed by atoms with Crippen molar-refractivity contribution in [1.29, 1.82) is 0 Å². The highest BCUT2D eigenvalue weighted by atomic mass is 17.2. The Labute approximate surface area is 86.1 Å². The number of aliphatic hydroxyl groups is 1. The molecule has 0 aliphatic rings. The van der Waals surface area contributed by atoms with Gasteiger partial charge in [-0.3, -0.25) is 10.1 Å². The predicted molar refractivity (Wildman–Crippen MR) is 50.8 cm³/mol. The number of nitro benzene ring substituents is 1. The quantitative estimate of drug-likeness (QED) is 0.451. The molecule has 1 aromatic carbocycles. The van der Waals surface area contributed by atoms with Crippen molar-refractivity contribution in [1.82, 2.24) is 0 Å². The summed E-state index contributed by atoms with van der Waals surface area (Å²) in [6.45, 7) is -0.130. The fraction of sp³-hybridized carbons (Fsp3) is 0.333. The van der Waals surface area contributed by atoms with Crippen LogP contribution in [0.25, 0.3) is 0 Å². The van der Waals surface area contributed by atoms with Gasteiger partial charge in [0.25, 0.3) is 5.69 Å². The molecule has 1 N–H and O–H groups in total. The third-order valence-corrected chi connectivity index (χ3v) is 1.90. The molecule has 0 unspecified atom stereocenters. The molecule has 15 heavy (non-hydrogen) atoms. The second-order valence-electron chi connectivity index (χ2n) is 2.80. The number of nitrogens with zero attached hydrogens (tertiary/aromatic N) is 1. The standard InChI is InChI=1S/C9H11NO5/c1-14-15-6-8-4-9(10(12)13)3-2-7(8)5-11/h2-4,11H,5-6H2,1H3. The van der Waals surface area contributed by atoms with E-state index in [4.69, 9.17) is 5.11 Å². The Kier molecular flexibility index (Phi) is 4.17. The second-order valence-corrected chi connectivity index (χ2v) is 2.80. The first-order chi connectivity index (χ1) is 7.19. The molecule has 1 aromatic rings. The number of aliphatic hydroxyl groups excluding tert-OH is 1. The lowest BCUT2D eigenvalue weighted by Crippen LogP contribution is -1.99. The van der Waals surface area contributed by atoms with E-state index in [2.05, 4.69) is 9.78 Å². The van der Waals surface area contributed by atoms with Crippen LogP contribution in [0.5, 0.6) is 0 Å². The van der Waals surface area contributed by atoms with E-state index in [0.717, 1.165) is 0 Å². The van der Waals surface area contributed by atoms with Gasteiger partial charge in [-0.1, -0.05) is 0 Å². The molecule has 0 spiro atoms. The third-order valence-electron chi connectivity index (χ3n) is 1.90. The molecular weight excluding hydrogens is 202 g/mol. The molecular formula is C9H11NO5. The Morgan fingerprint density at radius 1 is 1.47 bits per heavy atom. The summed E-state index contributed by atoms with van der Waals surface area (Å²) >= 11 is 0. The molecule has 0 saturated heterocycles. The molecule has 1 rings (SSSR count). The molecule has 0 bridgehead atoms. The number of nitro groups is 1. The molecule has 6 nitrogen and oxygen atoms in total. The Bertz CT molecular complexity index is 352. The van der Waals surface area contributed by atoms with Crippen LogP contribution in [0.1, 0.15) is 11.1 Å². The number of benzene rings is 1. The normalized spacial score (nSPS) is 10.3. The van der Waals surface area contributed by atoms with Crippen molar-refractivity contribution in [2.75, 3.05) is 7.11 Å². The zero-order chi connectivity index (χ0) is 11.3. The van der Waals surface area contributed by atoms with Crippen LogP contribution >= 0.6 is 0 Å². The first kappa shape index (κ1) is 11.6. The minimum absolute atomic E-state index is 0.0399. The molecule has 82 valence electrons. The van der Waals surface area contributed by atoms with Gasteiger partial charge in [0, 0.05) is 12.1 Å². The highest BCUT2D eigenvalue weighted by Gasteiger charge is 2.10. The Balaban J connectivity index is 2.96. The maximum atomic E-state index is 10.5. The minimum atomic E-state index is -0.503. The summed E-state index contributed by atoms with van der Waals surface area (Å²) in [5.41, 5.74) is 1.08. The van der Waals surface area contributed by atoms with Crippen LogP contribution in [-0.4, -0.2) is 17.1 Å². The summed E-state index contributed by atoms with van der Waals surface area (Å²) in [5, 5.41) is 19.5. The Morgan fingerprint density at radius 2 is 2.20 bits per heavy atom. The zero-order valence-corrected chi connectivity index (χ0v) is 8.17. The average Bonchev–Trinajstić information content (AvgIpc) is 2.25. The van der Waals surface area contributed by atoms with Gasteiger partial charge in [0.15, 0.2) is 0 Å². The number of hydrogen-bond acceptors (Lipinski definition) is 5. The van der Waals surface area contributed by atoms with Crippen molar-refractivity contribution in [2.24, 2.45) is 0 Å². The van der Waals surface area contributed by atoms with Gasteiger partial charge in [0.1, 0.15) is 6.61 Å². The van der Waals surface area contributed by atoms with E-state index in [0.29, 0.717) is 11.1 Å². The van der Waals surface area contributed by atoms with E-state index in [-0.39, 0.29) is 18.9 Å². The average molecular weight is 213 g/mol. The summed E-state index contributed by atoms with van der Waals surface area (Å²) in [4.78, 5) is 19.1. The van der Waals surface area contributed by atoms with E-state index in [1.165, 1.54) is 25.3 Å². The fourth-order valence-corrected chi connectivity index (χ4v) is 1.14. The lowest BCUT2D eigenvalue weighted by molar-refractivity contribution is -0.385. The number of non-ortho nitro benzene ring substituents is 1. The lowest BCUT2D eigenvalue weighted by Gasteiger charge is -2.06. The summed E-state index contributed by atoms with van der Waals surface area (Å²) < 4.78 is 0. The molecule has 0 atom stereocenters. The molecule has 0 aliphatic carbocycles. The van der Waals surface area contributed by atoms with Crippen LogP contribution < -0.4 is 0 Å². The zero-order valence-electron chi connectivity index (χ0n) is 8.17. The molecule has 0 saturated carbocycles. The Hall–Kier alpha value is -1.50. The van der Waals surface area contributed by atoms with Crippen molar-refractivity contribution in [3.63, 3.8) is 0 Å². The van der Waals surface area contributed by atoms with Crippen LogP contribution in [0.15, 0.2) is 18.2 Å². The molecule has 6 heteroatoms. The third kappa shape index (κ3) is 2.98. The summed E-state index contributed by atoms with van der Waals surface area (Å²) in [6.07, 6.45) is 0. The molecule has 0 heterocycles. The highest BCUT2D eigenvalue weighted by Crippen LogP contribution is 2.18. The smallest absolute Gasteiger partial charge is 0.269 e. The van der Waals surface area contributed by atoms with Crippen molar-refractivity contribution in [3.8, 4) is 0 Å². The highest BCUT2D eigenvalue weighted by molar-refractivity contribution is 5.39. The van der Waals surface area contributed by atoms with E-state index in [1.54, 1.807) is 0 Å². The number of hydrogen-bond donors (Lipinski definition) is 1. The van der Waals surface area contributed by atoms with Crippen LogP contribution in [0, 0.1) is 10.1 Å². The fourth-order valence-electron chi connectivity index (χ4n) is 1.14. The number of rotatable bonds is 5. The predicted octanol–water partition coefficient (Wildman–Crippen LogP) is 1.17. The summed E-state index contributed by atoms with van der Waals surface area (Å²) in [7, 11) is 1.34. The Morgan fingerprint density at radius 3 is 2.73 bits per heavy atom. The molecule has 0 radical (unpaired) electrons. The van der Waals surface area contributed by atoms with E-state index in [1.807, 2.05) is 0 Å². The molecule has 0 aromatic heterocycles.